The molecule has 0 amide bonds. The summed E-state index contributed by atoms with van der Waals surface area (Å²) in [7, 11) is 0. The molecule has 0 N–H and O–H groups in total. The van der Waals surface area contributed by atoms with Crippen LogP contribution >= 0.6 is 24.2 Å². The molecule has 0 aliphatic heterocycles. The largest absolute Gasteiger partial charge is 0.490 e. The zero-order chi connectivity index (χ0) is 11.1. The second kappa shape index (κ2) is 6.81. The summed E-state index contributed by atoms with van der Waals surface area (Å²) in [4.78, 5) is 0. The van der Waals surface area contributed by atoms with E-state index in [1.807, 2.05) is 30.4 Å². The minimum atomic E-state index is 0.575. The Balaban J connectivity index is 2.58. The molecule has 0 fully saturated rings. The molecule has 0 aromatic heterocycles. The number of aryl methyl sites for hydroxylation is 1. The molecular formula is C12H15ClOS. The van der Waals surface area contributed by atoms with Crippen molar-refractivity contribution in [3.63, 3.8) is 0 Å². The monoisotopic (exact) mass is 242 g/mol. The zero-order valence-electron chi connectivity index (χ0n) is 8.74. The number of thiol groups is 1. The summed E-state index contributed by atoms with van der Waals surface area (Å²) >= 11 is 10.1. The topological polar surface area (TPSA) is 9.23 Å². The first kappa shape index (κ1) is 12.5. The predicted molar refractivity (Wildman–Crippen MR) is 69.3 cm³/mol. The first-order valence-electron chi connectivity index (χ1n) is 4.95. The van der Waals surface area contributed by atoms with Crippen molar-refractivity contribution in [2.45, 2.75) is 13.3 Å². The van der Waals surface area contributed by atoms with Crippen molar-refractivity contribution in [3.8, 4) is 5.75 Å². The van der Waals surface area contributed by atoms with E-state index in [2.05, 4.69) is 19.6 Å². The molecule has 0 aliphatic rings. The molecular weight excluding hydrogens is 228 g/mol. The van der Waals surface area contributed by atoms with Crippen molar-refractivity contribution in [1.29, 1.82) is 0 Å². The van der Waals surface area contributed by atoms with Crippen LogP contribution in [0, 0.1) is 0 Å². The summed E-state index contributed by atoms with van der Waals surface area (Å²) in [6.07, 6.45) is 4.83. The highest BCUT2D eigenvalue weighted by Crippen LogP contribution is 2.22. The van der Waals surface area contributed by atoms with Gasteiger partial charge in [-0.25, -0.2) is 0 Å². The van der Waals surface area contributed by atoms with Crippen molar-refractivity contribution < 1.29 is 4.74 Å². The van der Waals surface area contributed by atoms with Gasteiger partial charge < -0.3 is 4.74 Å². The quantitative estimate of drug-likeness (QED) is 0.611. The van der Waals surface area contributed by atoms with Crippen LogP contribution in [0.4, 0.5) is 0 Å². The number of benzene rings is 1. The van der Waals surface area contributed by atoms with Gasteiger partial charge in [-0.1, -0.05) is 30.7 Å². The lowest BCUT2D eigenvalue weighted by Crippen LogP contribution is -1.94. The Kier molecular flexibility index (Phi) is 5.66. The van der Waals surface area contributed by atoms with E-state index < -0.39 is 0 Å². The molecule has 0 saturated heterocycles. The van der Waals surface area contributed by atoms with Crippen molar-refractivity contribution >= 4 is 24.2 Å². The van der Waals surface area contributed by atoms with Gasteiger partial charge in [-0.05, 0) is 30.2 Å². The molecule has 0 atom stereocenters. The Bertz CT molecular complexity index is 336. The maximum Gasteiger partial charge on any atom is 0.120 e. The van der Waals surface area contributed by atoms with E-state index in [9.17, 15) is 0 Å². The van der Waals surface area contributed by atoms with E-state index in [1.165, 1.54) is 0 Å². The Labute approximate surface area is 102 Å². The Morgan fingerprint density at radius 1 is 1.40 bits per heavy atom. The van der Waals surface area contributed by atoms with Gasteiger partial charge in [0.05, 0.1) is 0 Å². The highest BCUT2D eigenvalue weighted by Gasteiger charge is 1.99. The van der Waals surface area contributed by atoms with Gasteiger partial charge in [0.25, 0.3) is 0 Å². The molecule has 1 nitrogen and oxygen atoms in total. The lowest BCUT2D eigenvalue weighted by atomic mass is 10.1. The van der Waals surface area contributed by atoms with Crippen molar-refractivity contribution in [2.75, 3.05) is 12.4 Å². The smallest absolute Gasteiger partial charge is 0.120 e. The van der Waals surface area contributed by atoms with E-state index in [4.69, 9.17) is 16.3 Å². The van der Waals surface area contributed by atoms with Gasteiger partial charge in [0.1, 0.15) is 12.4 Å². The highest BCUT2D eigenvalue weighted by molar-refractivity contribution is 7.80. The summed E-state index contributed by atoms with van der Waals surface area (Å²) in [5.74, 6) is 1.60. The van der Waals surface area contributed by atoms with Gasteiger partial charge in [-0.15, -0.1) is 0 Å². The van der Waals surface area contributed by atoms with Crippen LogP contribution in [-0.4, -0.2) is 12.4 Å². The normalized spacial score (nSPS) is 10.9. The first-order chi connectivity index (χ1) is 7.27. The summed E-state index contributed by atoms with van der Waals surface area (Å²) < 4.78 is 5.53. The van der Waals surface area contributed by atoms with Gasteiger partial charge in [-0.2, -0.15) is 12.6 Å². The molecule has 0 spiro atoms. The van der Waals surface area contributed by atoms with E-state index in [1.54, 1.807) is 0 Å². The van der Waals surface area contributed by atoms with E-state index in [-0.39, 0.29) is 0 Å². The maximum atomic E-state index is 6.00. The van der Waals surface area contributed by atoms with Crippen LogP contribution in [0.15, 0.2) is 30.4 Å². The number of hydrogen-bond acceptors (Lipinski definition) is 2. The van der Waals surface area contributed by atoms with Gasteiger partial charge in [0.15, 0.2) is 0 Å². The lowest BCUT2D eigenvalue weighted by Gasteiger charge is -2.06. The minimum absolute atomic E-state index is 0.575. The van der Waals surface area contributed by atoms with Crippen LogP contribution in [0.1, 0.15) is 12.5 Å². The molecule has 0 aliphatic carbocycles. The highest BCUT2D eigenvalue weighted by atomic mass is 35.5. The van der Waals surface area contributed by atoms with Gasteiger partial charge >= 0.3 is 0 Å². The number of ether oxygens (including phenoxy) is 1. The SMILES string of the molecule is CCc1cc(OCC=CCS)ccc1Cl. The molecule has 0 radical (unpaired) electrons. The third-order valence-corrected chi connectivity index (χ3v) is 2.60. The van der Waals surface area contributed by atoms with Crippen LogP contribution in [0.25, 0.3) is 0 Å². The van der Waals surface area contributed by atoms with Crippen molar-refractivity contribution in [2.24, 2.45) is 0 Å². The average molecular weight is 243 g/mol. The fourth-order valence-corrected chi connectivity index (χ4v) is 1.60. The Hall–Kier alpha value is -0.600. The van der Waals surface area contributed by atoms with Crippen molar-refractivity contribution in [1.82, 2.24) is 0 Å². The lowest BCUT2D eigenvalue weighted by molar-refractivity contribution is 0.362. The number of rotatable bonds is 5. The third kappa shape index (κ3) is 4.18. The summed E-state index contributed by atoms with van der Waals surface area (Å²) in [5, 5.41) is 0.802. The molecule has 1 aromatic rings. The standard InChI is InChI=1S/C12H15ClOS/c1-2-10-9-11(5-6-12(10)13)14-7-3-4-8-15/h3-6,9,15H,2,7-8H2,1H3. The summed E-state index contributed by atoms with van der Waals surface area (Å²) in [6.45, 7) is 2.65. The first-order valence-corrected chi connectivity index (χ1v) is 5.96. The number of halogens is 1. The third-order valence-electron chi connectivity index (χ3n) is 2.02. The fraction of sp³-hybridized carbons (Fsp3) is 0.333. The van der Waals surface area contributed by atoms with Crippen LogP contribution in [-0.2, 0) is 6.42 Å². The number of hydrogen-bond donors (Lipinski definition) is 1. The zero-order valence-corrected chi connectivity index (χ0v) is 10.4. The molecule has 1 rings (SSSR count). The molecule has 0 bridgehead atoms. The van der Waals surface area contributed by atoms with E-state index in [0.717, 1.165) is 28.5 Å². The maximum absolute atomic E-state index is 6.00. The van der Waals surface area contributed by atoms with E-state index >= 15 is 0 Å². The fourth-order valence-electron chi connectivity index (χ4n) is 1.20. The van der Waals surface area contributed by atoms with Crippen LogP contribution in [0.5, 0.6) is 5.75 Å². The molecule has 3 heteroatoms. The predicted octanol–water partition coefficient (Wildman–Crippen LogP) is 3.77. The van der Waals surface area contributed by atoms with Crippen molar-refractivity contribution in [3.05, 3.63) is 40.9 Å². The van der Waals surface area contributed by atoms with Gasteiger partial charge in [-0.3, -0.25) is 0 Å². The van der Waals surface area contributed by atoms with Gasteiger partial charge in [0.2, 0.25) is 0 Å². The van der Waals surface area contributed by atoms with Crippen LogP contribution in [0.3, 0.4) is 0 Å². The Morgan fingerprint density at radius 3 is 2.87 bits per heavy atom. The molecule has 82 valence electrons. The molecule has 0 unspecified atom stereocenters. The second-order valence-corrected chi connectivity index (χ2v) is 3.84. The average Bonchev–Trinajstić information content (AvgIpc) is 2.26. The molecule has 1 aromatic carbocycles. The second-order valence-electron chi connectivity index (χ2n) is 3.07. The molecule has 0 heterocycles. The van der Waals surface area contributed by atoms with Crippen LogP contribution in [0.2, 0.25) is 5.02 Å². The summed E-state index contributed by atoms with van der Waals surface area (Å²) in [6, 6.07) is 5.74. The molecule has 15 heavy (non-hydrogen) atoms. The Morgan fingerprint density at radius 2 is 2.20 bits per heavy atom. The minimum Gasteiger partial charge on any atom is -0.490 e. The molecule has 0 saturated carbocycles. The van der Waals surface area contributed by atoms with Gasteiger partial charge in [0, 0.05) is 10.8 Å². The summed E-state index contributed by atoms with van der Waals surface area (Å²) in [5.41, 5.74) is 1.12. The van der Waals surface area contributed by atoms with E-state index in [0.29, 0.717) is 6.61 Å². The van der Waals surface area contributed by atoms with Crippen LogP contribution < -0.4 is 4.74 Å².